The molecule has 0 fully saturated rings. The normalized spacial score (nSPS) is 10.2. The fourth-order valence-electron chi connectivity index (χ4n) is 1.15. The van der Waals surface area contributed by atoms with Crippen molar-refractivity contribution in [3.8, 4) is 0 Å². The fourth-order valence-corrected chi connectivity index (χ4v) is 1.72. The summed E-state index contributed by atoms with van der Waals surface area (Å²) in [7, 11) is 0. The number of aliphatic carboxylic acids is 1. The molecule has 17 heavy (non-hydrogen) atoms. The van der Waals surface area contributed by atoms with Crippen LogP contribution in [-0.2, 0) is 16.0 Å². The highest BCUT2D eigenvalue weighted by molar-refractivity contribution is 7.99. The molecular formula is C10H14N2O4S. The summed E-state index contributed by atoms with van der Waals surface area (Å²) in [6.07, 6.45) is 0.181. The molecule has 0 aliphatic carbocycles. The lowest BCUT2D eigenvalue weighted by Crippen LogP contribution is -2.27. The third-order valence-electron chi connectivity index (χ3n) is 1.81. The largest absolute Gasteiger partial charge is 0.481 e. The van der Waals surface area contributed by atoms with Crippen LogP contribution >= 0.6 is 11.8 Å². The average molecular weight is 258 g/mol. The predicted molar refractivity (Wildman–Crippen MR) is 62.9 cm³/mol. The number of aryl methyl sites for hydroxylation is 1. The smallest absolute Gasteiger partial charge is 0.313 e. The van der Waals surface area contributed by atoms with Gasteiger partial charge in [0.05, 0.1) is 17.9 Å². The van der Waals surface area contributed by atoms with Gasteiger partial charge in [0.15, 0.2) is 0 Å². The van der Waals surface area contributed by atoms with E-state index in [2.05, 4.69) is 10.5 Å². The molecule has 1 aromatic heterocycles. The van der Waals surface area contributed by atoms with Crippen LogP contribution in [-0.4, -0.2) is 40.2 Å². The fraction of sp³-hybridized carbons (Fsp3) is 0.500. The molecule has 2 N–H and O–H groups in total. The maximum Gasteiger partial charge on any atom is 0.313 e. The Hall–Kier alpha value is -1.50. The summed E-state index contributed by atoms with van der Waals surface area (Å²) < 4.78 is 4.84. The Balaban J connectivity index is 2.11. The summed E-state index contributed by atoms with van der Waals surface area (Å²) in [5, 5.41) is 14.8. The van der Waals surface area contributed by atoms with Crippen molar-refractivity contribution in [2.24, 2.45) is 0 Å². The number of carboxylic acid groups (broad SMARTS) is 1. The first-order valence-corrected chi connectivity index (χ1v) is 6.22. The second kappa shape index (κ2) is 6.95. The monoisotopic (exact) mass is 258 g/mol. The number of thioether (sulfide) groups is 1. The van der Waals surface area contributed by atoms with Crippen LogP contribution in [0, 0.1) is 6.92 Å². The second-order valence-electron chi connectivity index (χ2n) is 3.40. The number of amides is 1. The standard InChI is InChI=1S/C10H14N2O4S/c1-7-4-8(12-16-7)5-9(13)11-2-3-17-6-10(14)15/h4H,2-3,5-6H2,1H3,(H,11,13)(H,14,15). The zero-order valence-corrected chi connectivity index (χ0v) is 10.2. The Morgan fingerprint density at radius 1 is 1.59 bits per heavy atom. The van der Waals surface area contributed by atoms with Gasteiger partial charge in [-0.2, -0.15) is 0 Å². The molecule has 0 spiro atoms. The first-order chi connectivity index (χ1) is 8.08. The minimum atomic E-state index is -0.848. The van der Waals surface area contributed by atoms with Crippen LogP contribution in [0.4, 0.5) is 0 Å². The zero-order chi connectivity index (χ0) is 12.7. The van der Waals surface area contributed by atoms with Gasteiger partial charge in [-0.3, -0.25) is 9.59 Å². The van der Waals surface area contributed by atoms with Crippen LogP contribution in [0.5, 0.6) is 0 Å². The van der Waals surface area contributed by atoms with E-state index in [4.69, 9.17) is 9.63 Å². The van der Waals surface area contributed by atoms with Crippen molar-refractivity contribution in [2.75, 3.05) is 18.1 Å². The number of carbonyl (C=O) groups is 2. The first-order valence-electron chi connectivity index (χ1n) is 5.06. The number of nitrogens with one attached hydrogen (secondary N) is 1. The highest BCUT2D eigenvalue weighted by Crippen LogP contribution is 2.02. The minimum absolute atomic E-state index is 0.0539. The zero-order valence-electron chi connectivity index (χ0n) is 9.43. The van der Waals surface area contributed by atoms with E-state index in [0.29, 0.717) is 23.8 Å². The van der Waals surface area contributed by atoms with Gasteiger partial charge in [-0.15, -0.1) is 11.8 Å². The summed E-state index contributed by atoms with van der Waals surface area (Å²) >= 11 is 1.27. The molecule has 0 aromatic carbocycles. The van der Waals surface area contributed by atoms with Gasteiger partial charge in [0.25, 0.3) is 0 Å². The van der Waals surface area contributed by atoms with Crippen LogP contribution in [0.1, 0.15) is 11.5 Å². The minimum Gasteiger partial charge on any atom is -0.481 e. The first kappa shape index (κ1) is 13.6. The number of carboxylic acids is 1. The van der Waals surface area contributed by atoms with E-state index in [0.717, 1.165) is 0 Å². The average Bonchev–Trinajstić information content (AvgIpc) is 2.63. The highest BCUT2D eigenvalue weighted by atomic mass is 32.2. The summed E-state index contributed by atoms with van der Waals surface area (Å²) in [5.41, 5.74) is 0.596. The summed E-state index contributed by atoms with van der Waals surface area (Å²) in [6, 6.07) is 1.71. The molecule has 0 saturated carbocycles. The number of rotatable bonds is 7. The van der Waals surface area contributed by atoms with Gasteiger partial charge in [0.1, 0.15) is 5.76 Å². The lowest BCUT2D eigenvalue weighted by atomic mass is 10.3. The van der Waals surface area contributed by atoms with Crippen molar-refractivity contribution in [1.29, 1.82) is 0 Å². The molecule has 0 unspecified atom stereocenters. The van der Waals surface area contributed by atoms with Crippen LogP contribution in [0.25, 0.3) is 0 Å². The Kier molecular flexibility index (Phi) is 5.55. The van der Waals surface area contributed by atoms with Gasteiger partial charge >= 0.3 is 5.97 Å². The van der Waals surface area contributed by atoms with Crippen LogP contribution in [0.15, 0.2) is 10.6 Å². The third kappa shape index (κ3) is 5.96. The molecule has 0 bridgehead atoms. The van der Waals surface area contributed by atoms with E-state index < -0.39 is 5.97 Å². The number of aromatic nitrogens is 1. The van der Waals surface area contributed by atoms with Crippen molar-refractivity contribution in [3.05, 3.63) is 17.5 Å². The highest BCUT2D eigenvalue weighted by Gasteiger charge is 2.06. The summed E-state index contributed by atoms with van der Waals surface area (Å²) in [6.45, 7) is 2.21. The Morgan fingerprint density at radius 2 is 2.35 bits per heavy atom. The van der Waals surface area contributed by atoms with Crippen LogP contribution in [0.2, 0.25) is 0 Å². The van der Waals surface area contributed by atoms with Crippen molar-refractivity contribution >= 4 is 23.6 Å². The van der Waals surface area contributed by atoms with Crippen molar-refractivity contribution in [1.82, 2.24) is 10.5 Å². The Labute approximate surface area is 103 Å². The van der Waals surface area contributed by atoms with Gasteiger partial charge < -0.3 is 14.9 Å². The van der Waals surface area contributed by atoms with E-state index >= 15 is 0 Å². The van der Waals surface area contributed by atoms with Gasteiger partial charge in [-0.25, -0.2) is 0 Å². The SMILES string of the molecule is Cc1cc(CC(=O)NCCSCC(=O)O)no1. The summed E-state index contributed by atoms with van der Waals surface area (Å²) in [4.78, 5) is 21.6. The van der Waals surface area contributed by atoms with E-state index in [1.54, 1.807) is 13.0 Å². The summed E-state index contributed by atoms with van der Waals surface area (Å²) in [5.74, 6) is 0.312. The lowest BCUT2D eigenvalue weighted by Gasteiger charge is -2.02. The van der Waals surface area contributed by atoms with Gasteiger partial charge in [0, 0.05) is 18.4 Å². The van der Waals surface area contributed by atoms with E-state index in [-0.39, 0.29) is 18.1 Å². The predicted octanol–water partition coefficient (Wildman–Crippen LogP) is 0.460. The lowest BCUT2D eigenvalue weighted by molar-refractivity contribution is -0.133. The third-order valence-corrected chi connectivity index (χ3v) is 2.76. The molecule has 0 radical (unpaired) electrons. The molecule has 7 heteroatoms. The van der Waals surface area contributed by atoms with Crippen molar-refractivity contribution in [3.63, 3.8) is 0 Å². The molecule has 1 aromatic rings. The number of hydrogen-bond donors (Lipinski definition) is 2. The van der Waals surface area contributed by atoms with Crippen LogP contribution < -0.4 is 5.32 Å². The Morgan fingerprint density at radius 3 is 2.94 bits per heavy atom. The van der Waals surface area contributed by atoms with Crippen LogP contribution in [0.3, 0.4) is 0 Å². The molecular weight excluding hydrogens is 244 g/mol. The molecule has 0 aliphatic heterocycles. The molecule has 6 nitrogen and oxygen atoms in total. The van der Waals surface area contributed by atoms with Crippen molar-refractivity contribution in [2.45, 2.75) is 13.3 Å². The molecule has 1 amide bonds. The molecule has 0 saturated heterocycles. The molecule has 0 atom stereocenters. The molecule has 1 heterocycles. The quantitative estimate of drug-likeness (QED) is 0.690. The van der Waals surface area contributed by atoms with E-state index in [9.17, 15) is 9.59 Å². The molecule has 1 rings (SSSR count). The van der Waals surface area contributed by atoms with Gasteiger partial charge in [-0.1, -0.05) is 5.16 Å². The molecule has 94 valence electrons. The Bertz CT molecular complexity index is 391. The number of nitrogens with zero attached hydrogens (tertiary/aromatic N) is 1. The number of carbonyl (C=O) groups excluding carboxylic acids is 1. The van der Waals surface area contributed by atoms with E-state index in [1.807, 2.05) is 0 Å². The topological polar surface area (TPSA) is 92.4 Å². The van der Waals surface area contributed by atoms with E-state index in [1.165, 1.54) is 11.8 Å². The molecule has 0 aliphatic rings. The number of hydrogen-bond acceptors (Lipinski definition) is 5. The van der Waals surface area contributed by atoms with Gasteiger partial charge in [-0.05, 0) is 6.92 Å². The van der Waals surface area contributed by atoms with Crippen molar-refractivity contribution < 1.29 is 19.2 Å². The van der Waals surface area contributed by atoms with Gasteiger partial charge in [0.2, 0.25) is 5.91 Å². The second-order valence-corrected chi connectivity index (χ2v) is 4.51. The maximum absolute atomic E-state index is 11.4. The maximum atomic E-state index is 11.4.